The summed E-state index contributed by atoms with van der Waals surface area (Å²) in [5.74, 6) is -0.600. The van der Waals surface area contributed by atoms with Gasteiger partial charge in [-0.05, 0) is 46.2 Å². The standard InChI is InChI=1S/C11H21NO2/c1-4-11(10(13)14)7-5-9(6-8-11)12(2)3/h9H,4-8H2,1-3H3,(H,13,14). The molecule has 0 heterocycles. The smallest absolute Gasteiger partial charge is 0.309 e. The van der Waals surface area contributed by atoms with Gasteiger partial charge in [0, 0.05) is 6.04 Å². The Balaban J connectivity index is 2.59. The summed E-state index contributed by atoms with van der Waals surface area (Å²) in [6, 6.07) is 0.578. The van der Waals surface area contributed by atoms with Gasteiger partial charge in [-0.25, -0.2) is 0 Å². The highest BCUT2D eigenvalue weighted by molar-refractivity contribution is 5.74. The molecule has 1 aliphatic rings. The van der Waals surface area contributed by atoms with E-state index in [0.29, 0.717) is 6.04 Å². The van der Waals surface area contributed by atoms with E-state index in [-0.39, 0.29) is 0 Å². The van der Waals surface area contributed by atoms with Crippen molar-refractivity contribution >= 4 is 5.97 Å². The first-order chi connectivity index (χ1) is 6.52. The second-order valence-corrected chi connectivity index (χ2v) is 4.63. The highest BCUT2D eigenvalue weighted by Gasteiger charge is 2.40. The predicted molar refractivity (Wildman–Crippen MR) is 56.3 cm³/mol. The lowest BCUT2D eigenvalue weighted by molar-refractivity contribution is -0.152. The minimum absolute atomic E-state index is 0.424. The third-order valence-electron chi connectivity index (χ3n) is 3.77. The van der Waals surface area contributed by atoms with Gasteiger partial charge < -0.3 is 10.0 Å². The van der Waals surface area contributed by atoms with Crippen molar-refractivity contribution in [3.05, 3.63) is 0 Å². The molecule has 1 aliphatic carbocycles. The summed E-state index contributed by atoms with van der Waals surface area (Å²) >= 11 is 0. The van der Waals surface area contributed by atoms with Gasteiger partial charge in [0.05, 0.1) is 5.41 Å². The molecule has 0 saturated heterocycles. The molecule has 1 saturated carbocycles. The van der Waals surface area contributed by atoms with E-state index < -0.39 is 11.4 Å². The Bertz CT molecular complexity index is 205. The van der Waals surface area contributed by atoms with Crippen LogP contribution < -0.4 is 0 Å². The fourth-order valence-electron chi connectivity index (χ4n) is 2.39. The largest absolute Gasteiger partial charge is 0.481 e. The average Bonchev–Trinajstić information content (AvgIpc) is 2.17. The summed E-state index contributed by atoms with van der Waals surface area (Å²) < 4.78 is 0. The molecule has 0 aromatic heterocycles. The zero-order valence-corrected chi connectivity index (χ0v) is 9.42. The van der Waals surface area contributed by atoms with Crippen molar-refractivity contribution in [1.82, 2.24) is 4.90 Å². The minimum Gasteiger partial charge on any atom is -0.481 e. The predicted octanol–water partition coefficient (Wildman–Crippen LogP) is 1.97. The van der Waals surface area contributed by atoms with Gasteiger partial charge in [-0.2, -0.15) is 0 Å². The number of carboxylic acids is 1. The molecule has 0 atom stereocenters. The number of hydrogen-bond acceptors (Lipinski definition) is 2. The van der Waals surface area contributed by atoms with Crippen LogP contribution in [0.25, 0.3) is 0 Å². The van der Waals surface area contributed by atoms with Crippen LogP contribution in [0.15, 0.2) is 0 Å². The van der Waals surface area contributed by atoms with Crippen molar-refractivity contribution in [3.63, 3.8) is 0 Å². The average molecular weight is 199 g/mol. The van der Waals surface area contributed by atoms with Gasteiger partial charge in [0.1, 0.15) is 0 Å². The molecule has 1 N–H and O–H groups in total. The van der Waals surface area contributed by atoms with Crippen LogP contribution in [0.3, 0.4) is 0 Å². The molecule has 0 amide bonds. The molecule has 1 rings (SSSR count). The van der Waals surface area contributed by atoms with Crippen molar-refractivity contribution in [1.29, 1.82) is 0 Å². The highest BCUT2D eigenvalue weighted by atomic mass is 16.4. The Labute approximate surface area is 86.1 Å². The lowest BCUT2D eigenvalue weighted by Crippen LogP contribution is -2.40. The molecule has 0 bridgehead atoms. The summed E-state index contributed by atoms with van der Waals surface area (Å²) in [6.07, 6.45) is 4.48. The van der Waals surface area contributed by atoms with Gasteiger partial charge in [0.2, 0.25) is 0 Å². The second kappa shape index (κ2) is 4.30. The molecular formula is C11H21NO2. The van der Waals surface area contributed by atoms with E-state index in [4.69, 9.17) is 0 Å². The van der Waals surface area contributed by atoms with Gasteiger partial charge in [-0.15, -0.1) is 0 Å². The molecule has 82 valence electrons. The van der Waals surface area contributed by atoms with Crippen LogP contribution in [-0.2, 0) is 4.79 Å². The zero-order chi connectivity index (χ0) is 10.8. The van der Waals surface area contributed by atoms with Gasteiger partial charge in [-0.3, -0.25) is 4.79 Å². The third-order valence-corrected chi connectivity index (χ3v) is 3.77. The first-order valence-electron chi connectivity index (χ1n) is 5.41. The van der Waals surface area contributed by atoms with E-state index in [9.17, 15) is 9.90 Å². The summed E-state index contributed by atoms with van der Waals surface area (Å²) in [5, 5.41) is 9.20. The third kappa shape index (κ3) is 2.08. The summed E-state index contributed by atoms with van der Waals surface area (Å²) in [5.41, 5.74) is -0.424. The molecule has 0 aromatic carbocycles. The molecule has 0 aromatic rings. The number of carbonyl (C=O) groups is 1. The molecule has 0 aliphatic heterocycles. The van der Waals surface area contributed by atoms with Gasteiger partial charge in [0.25, 0.3) is 0 Å². The van der Waals surface area contributed by atoms with Crippen LogP contribution in [0.4, 0.5) is 0 Å². The van der Waals surface area contributed by atoms with E-state index in [0.717, 1.165) is 32.1 Å². The van der Waals surface area contributed by atoms with Crippen LogP contribution in [0, 0.1) is 5.41 Å². The number of aliphatic carboxylic acids is 1. The molecular weight excluding hydrogens is 178 g/mol. The molecule has 0 radical (unpaired) electrons. The lowest BCUT2D eigenvalue weighted by atomic mass is 9.70. The van der Waals surface area contributed by atoms with Crippen molar-refractivity contribution in [2.75, 3.05) is 14.1 Å². The SMILES string of the molecule is CCC1(C(=O)O)CCC(N(C)C)CC1. The molecule has 14 heavy (non-hydrogen) atoms. The topological polar surface area (TPSA) is 40.5 Å². The maximum absolute atomic E-state index is 11.2. The first kappa shape index (κ1) is 11.5. The van der Waals surface area contributed by atoms with Crippen LogP contribution in [-0.4, -0.2) is 36.1 Å². The summed E-state index contributed by atoms with van der Waals surface area (Å²) in [4.78, 5) is 13.4. The molecule has 3 nitrogen and oxygen atoms in total. The lowest BCUT2D eigenvalue weighted by Gasteiger charge is -2.38. The van der Waals surface area contributed by atoms with Gasteiger partial charge in [-0.1, -0.05) is 6.92 Å². The monoisotopic (exact) mass is 199 g/mol. The maximum atomic E-state index is 11.2. The highest BCUT2D eigenvalue weighted by Crippen LogP contribution is 2.40. The van der Waals surface area contributed by atoms with Crippen molar-refractivity contribution in [2.45, 2.75) is 45.1 Å². The number of carboxylic acid groups (broad SMARTS) is 1. The van der Waals surface area contributed by atoms with E-state index in [1.165, 1.54) is 0 Å². The maximum Gasteiger partial charge on any atom is 0.309 e. The molecule has 1 fully saturated rings. The molecule has 0 unspecified atom stereocenters. The Morgan fingerprint density at radius 3 is 2.21 bits per heavy atom. The quantitative estimate of drug-likeness (QED) is 0.755. The molecule has 0 spiro atoms. The van der Waals surface area contributed by atoms with Crippen LogP contribution in [0.2, 0.25) is 0 Å². The van der Waals surface area contributed by atoms with E-state index in [1.54, 1.807) is 0 Å². The van der Waals surface area contributed by atoms with E-state index in [1.807, 2.05) is 6.92 Å². The van der Waals surface area contributed by atoms with E-state index >= 15 is 0 Å². The second-order valence-electron chi connectivity index (χ2n) is 4.63. The van der Waals surface area contributed by atoms with Crippen LogP contribution >= 0.6 is 0 Å². The number of hydrogen-bond donors (Lipinski definition) is 1. The molecule has 3 heteroatoms. The Kier molecular flexibility index (Phi) is 3.53. The fourth-order valence-corrected chi connectivity index (χ4v) is 2.39. The van der Waals surface area contributed by atoms with Crippen LogP contribution in [0.1, 0.15) is 39.0 Å². The normalized spacial score (nSPS) is 33.3. The minimum atomic E-state index is -0.600. The van der Waals surface area contributed by atoms with Crippen molar-refractivity contribution < 1.29 is 9.90 Å². The van der Waals surface area contributed by atoms with Gasteiger partial charge >= 0.3 is 5.97 Å². The number of rotatable bonds is 3. The first-order valence-corrected chi connectivity index (χ1v) is 5.41. The Morgan fingerprint density at radius 1 is 1.43 bits per heavy atom. The fraction of sp³-hybridized carbons (Fsp3) is 0.909. The van der Waals surface area contributed by atoms with Gasteiger partial charge in [0.15, 0.2) is 0 Å². The Morgan fingerprint density at radius 2 is 1.93 bits per heavy atom. The van der Waals surface area contributed by atoms with Crippen molar-refractivity contribution in [2.24, 2.45) is 5.41 Å². The van der Waals surface area contributed by atoms with Crippen LogP contribution in [0.5, 0.6) is 0 Å². The number of nitrogens with zero attached hydrogens (tertiary/aromatic N) is 1. The zero-order valence-electron chi connectivity index (χ0n) is 9.42. The summed E-state index contributed by atoms with van der Waals surface area (Å²) in [7, 11) is 4.15. The Hall–Kier alpha value is -0.570. The summed E-state index contributed by atoms with van der Waals surface area (Å²) in [6.45, 7) is 1.99. The van der Waals surface area contributed by atoms with Crippen molar-refractivity contribution in [3.8, 4) is 0 Å². The van der Waals surface area contributed by atoms with E-state index in [2.05, 4.69) is 19.0 Å².